The summed E-state index contributed by atoms with van der Waals surface area (Å²) in [5, 5.41) is 0. The average Bonchev–Trinajstić information content (AvgIpc) is 1.86. The summed E-state index contributed by atoms with van der Waals surface area (Å²) in [5.41, 5.74) is 0. The number of Topliss-reactive ketones (excluding diaryl/α,β-unsaturated/α-hetero) is 1. The molecule has 0 aromatic heterocycles. The van der Waals surface area contributed by atoms with Crippen molar-refractivity contribution in [3.63, 3.8) is 0 Å². The Balaban J connectivity index is 4.88. The van der Waals surface area contributed by atoms with Crippen LogP contribution in [-0.4, -0.2) is 5.78 Å². The molecule has 8 heavy (non-hydrogen) atoms. The Morgan fingerprint density at radius 3 is 2.38 bits per heavy atom. The molecule has 0 saturated heterocycles. The molecule has 0 aromatic carbocycles. The summed E-state index contributed by atoms with van der Waals surface area (Å²) in [6.07, 6.45) is -4.49. The maximum Gasteiger partial charge on any atom is 0.129 e. The zero-order valence-corrected chi connectivity index (χ0v) is 5.49. The van der Waals surface area contributed by atoms with Gasteiger partial charge in [0.2, 0.25) is 0 Å². The van der Waals surface area contributed by atoms with Crippen molar-refractivity contribution in [3.05, 3.63) is 0 Å². The third-order valence-corrected chi connectivity index (χ3v) is 0.537. The molecule has 1 heteroatoms. The van der Waals surface area contributed by atoms with Gasteiger partial charge < -0.3 is 4.79 Å². The minimum atomic E-state index is -2.39. The van der Waals surface area contributed by atoms with Crippen LogP contribution in [-0.2, 0) is 4.79 Å². The lowest BCUT2D eigenvalue weighted by molar-refractivity contribution is -0.117. The molecule has 0 heterocycles. The number of carbonyl (C=O) groups excluding carboxylic acids is 1. The molecule has 0 N–H and O–H groups in total. The molecule has 0 amide bonds. The summed E-state index contributed by atoms with van der Waals surface area (Å²) in [4.78, 5) is 10.8. The van der Waals surface area contributed by atoms with Crippen LogP contribution < -0.4 is 0 Å². The van der Waals surface area contributed by atoms with Crippen molar-refractivity contribution in [1.82, 2.24) is 0 Å². The third-order valence-electron chi connectivity index (χ3n) is 0.537. The highest BCUT2D eigenvalue weighted by molar-refractivity contribution is 5.75. The second-order valence-corrected chi connectivity index (χ2v) is 1.98. The van der Waals surface area contributed by atoms with E-state index in [0.29, 0.717) is 0 Å². The predicted octanol–water partition coefficient (Wildman–Crippen LogP) is 2.01. The van der Waals surface area contributed by atoms with Crippen molar-refractivity contribution in [3.8, 4) is 0 Å². The van der Waals surface area contributed by atoms with Gasteiger partial charge in [0.25, 0.3) is 0 Å². The van der Waals surface area contributed by atoms with E-state index in [1.165, 1.54) is 0 Å². The molecule has 0 unspecified atom stereocenters. The van der Waals surface area contributed by atoms with Crippen molar-refractivity contribution >= 4 is 5.78 Å². The fourth-order valence-electron chi connectivity index (χ4n) is 0.246. The van der Waals surface area contributed by atoms with Crippen molar-refractivity contribution in [1.29, 1.82) is 0 Å². The van der Waals surface area contributed by atoms with E-state index in [4.69, 9.17) is 5.48 Å². The predicted molar refractivity (Wildman–Crippen MR) is 34.8 cm³/mol. The minimum absolute atomic E-state index is 0.517. The molecule has 0 aliphatic heterocycles. The van der Waals surface area contributed by atoms with Crippen molar-refractivity contribution in [2.24, 2.45) is 5.92 Å². The molecule has 0 aliphatic carbocycles. The van der Waals surface area contributed by atoms with E-state index in [2.05, 4.69) is 0 Å². The minimum Gasteiger partial charge on any atom is -0.300 e. The van der Waals surface area contributed by atoms with Gasteiger partial charge in [0.05, 0.1) is 0 Å². The fourth-order valence-corrected chi connectivity index (χ4v) is 0.246. The van der Waals surface area contributed by atoms with E-state index in [1.54, 1.807) is 13.8 Å². The van der Waals surface area contributed by atoms with Crippen molar-refractivity contribution in [2.75, 3.05) is 0 Å². The molecule has 0 radical (unpaired) electrons. The van der Waals surface area contributed by atoms with Crippen LogP contribution in [0.3, 0.4) is 0 Å². The fraction of sp³-hybridized carbons (Fsp3) is 0.857. The Morgan fingerprint density at radius 2 is 2.25 bits per heavy atom. The van der Waals surface area contributed by atoms with E-state index in [9.17, 15) is 4.79 Å². The maximum absolute atomic E-state index is 10.8. The van der Waals surface area contributed by atoms with Gasteiger partial charge in [0.1, 0.15) is 5.78 Å². The van der Waals surface area contributed by atoms with Gasteiger partial charge in [-0.25, -0.2) is 0 Å². The van der Waals surface area contributed by atoms with Crippen LogP contribution in [0.5, 0.6) is 0 Å². The highest BCUT2D eigenvalue weighted by Gasteiger charge is 1.95. The van der Waals surface area contributed by atoms with Crippen LogP contribution in [0.15, 0.2) is 0 Å². The first-order chi connectivity index (χ1) is 5.14. The molecule has 0 aliphatic rings. The zero-order valence-electron chi connectivity index (χ0n) is 9.49. The topological polar surface area (TPSA) is 17.1 Å². The van der Waals surface area contributed by atoms with Crippen LogP contribution >= 0.6 is 0 Å². The molecule has 0 rings (SSSR count). The van der Waals surface area contributed by atoms with Crippen molar-refractivity contribution < 1.29 is 10.3 Å². The zero-order chi connectivity index (χ0) is 10.2. The van der Waals surface area contributed by atoms with Gasteiger partial charge in [-0.2, -0.15) is 0 Å². The van der Waals surface area contributed by atoms with Crippen LogP contribution in [0.4, 0.5) is 0 Å². The van der Waals surface area contributed by atoms with Gasteiger partial charge in [0, 0.05) is 11.9 Å². The van der Waals surface area contributed by atoms with E-state index in [0.717, 1.165) is 6.92 Å². The molecule has 0 aromatic rings. The first-order valence-corrected chi connectivity index (χ1v) is 2.65. The summed E-state index contributed by atoms with van der Waals surface area (Å²) in [6.45, 7) is 4.18. The second-order valence-electron chi connectivity index (χ2n) is 1.98. The molecule has 0 fully saturated rings. The standard InChI is InChI=1S/C7H14O/c1-6(2)4-5-7(3)8/h6H,4-5H2,1-3H3/i4D2,5D2. The summed E-state index contributed by atoms with van der Waals surface area (Å²) < 4.78 is 29.3. The Morgan fingerprint density at radius 1 is 1.75 bits per heavy atom. The van der Waals surface area contributed by atoms with Crippen molar-refractivity contribution in [2.45, 2.75) is 33.5 Å². The average molecular weight is 118 g/mol. The first kappa shape index (κ1) is 3.00. The summed E-state index contributed by atoms with van der Waals surface area (Å²) in [5.74, 6) is -1.28. The lowest BCUT2D eigenvalue weighted by Crippen LogP contribution is -1.93. The lowest BCUT2D eigenvalue weighted by Gasteiger charge is -1.98. The number of ketones is 1. The van der Waals surface area contributed by atoms with Crippen LogP contribution in [0.2, 0.25) is 0 Å². The Bertz CT molecular complexity index is 186. The van der Waals surface area contributed by atoms with Gasteiger partial charge >= 0.3 is 0 Å². The van der Waals surface area contributed by atoms with E-state index < -0.39 is 24.4 Å². The molecule has 0 spiro atoms. The van der Waals surface area contributed by atoms with E-state index in [1.807, 2.05) is 0 Å². The maximum atomic E-state index is 10.8. The normalized spacial score (nSPS) is 21.0. The summed E-state index contributed by atoms with van der Waals surface area (Å²) >= 11 is 0. The number of hydrogen-bond acceptors (Lipinski definition) is 1. The molecular formula is C7H14O. The smallest absolute Gasteiger partial charge is 0.129 e. The molecule has 0 atom stereocenters. The molecule has 0 bridgehead atoms. The van der Waals surface area contributed by atoms with Gasteiger partial charge in [0.15, 0.2) is 0 Å². The number of carbonyl (C=O) groups is 1. The first-order valence-electron chi connectivity index (χ1n) is 4.65. The SMILES string of the molecule is [2H]C([2H])(C(C)=O)C([2H])([2H])C(C)C. The highest BCUT2D eigenvalue weighted by Crippen LogP contribution is 2.02. The Hall–Kier alpha value is -0.330. The van der Waals surface area contributed by atoms with Gasteiger partial charge in [-0.3, -0.25) is 0 Å². The third kappa shape index (κ3) is 5.67. The van der Waals surface area contributed by atoms with Gasteiger partial charge in [-0.1, -0.05) is 13.8 Å². The van der Waals surface area contributed by atoms with Gasteiger partial charge in [-0.15, -0.1) is 0 Å². The Labute approximate surface area is 56.7 Å². The molecule has 1 nitrogen and oxygen atoms in total. The summed E-state index contributed by atoms with van der Waals surface area (Å²) in [6, 6.07) is 0. The largest absolute Gasteiger partial charge is 0.300 e. The number of rotatable bonds is 3. The second kappa shape index (κ2) is 3.65. The van der Waals surface area contributed by atoms with Gasteiger partial charge in [-0.05, 0) is 19.2 Å². The Kier molecular flexibility index (Phi) is 1.37. The molecular weight excluding hydrogens is 100 g/mol. The van der Waals surface area contributed by atoms with E-state index in [-0.39, 0.29) is 0 Å². The monoisotopic (exact) mass is 118 g/mol. The number of hydrogen-bond donors (Lipinski definition) is 0. The summed E-state index contributed by atoms with van der Waals surface area (Å²) in [7, 11) is 0. The molecule has 48 valence electrons. The quantitative estimate of drug-likeness (QED) is 0.554. The van der Waals surface area contributed by atoms with Crippen LogP contribution in [0, 0.1) is 5.92 Å². The lowest BCUT2D eigenvalue weighted by atomic mass is 10.1. The highest BCUT2D eigenvalue weighted by atomic mass is 16.1. The van der Waals surface area contributed by atoms with E-state index >= 15 is 0 Å². The van der Waals surface area contributed by atoms with Crippen LogP contribution in [0.25, 0.3) is 0 Å². The molecule has 0 saturated carbocycles. The van der Waals surface area contributed by atoms with Crippen LogP contribution in [0.1, 0.15) is 39.0 Å².